The molecule has 0 aliphatic carbocycles. The molecule has 0 saturated carbocycles. The highest BCUT2D eigenvalue weighted by Gasteiger charge is 2.30. The minimum Gasteiger partial charge on any atom is -0.484 e. The predicted molar refractivity (Wildman–Crippen MR) is 117 cm³/mol. The smallest absolute Gasteiger partial charge is 0.422 e. The Morgan fingerprint density at radius 3 is 2.56 bits per heavy atom. The molecule has 0 radical (unpaired) electrons. The van der Waals surface area contributed by atoms with E-state index in [1.54, 1.807) is 18.2 Å². The van der Waals surface area contributed by atoms with Crippen molar-refractivity contribution in [2.24, 2.45) is 0 Å². The van der Waals surface area contributed by atoms with Gasteiger partial charge in [-0.3, -0.25) is 14.2 Å². The molecule has 4 aromatic rings. The average Bonchev–Trinajstić information content (AvgIpc) is 3.20. The van der Waals surface area contributed by atoms with Crippen LogP contribution in [0.5, 0.6) is 5.75 Å². The molecule has 0 spiro atoms. The zero-order chi connectivity index (χ0) is 24.5. The molecule has 178 valence electrons. The van der Waals surface area contributed by atoms with Gasteiger partial charge in [-0.15, -0.1) is 0 Å². The maximum Gasteiger partial charge on any atom is 0.422 e. The van der Waals surface area contributed by atoms with Gasteiger partial charge in [0.25, 0.3) is 10.0 Å². The molecule has 34 heavy (non-hydrogen) atoms. The van der Waals surface area contributed by atoms with Gasteiger partial charge in [0.05, 0.1) is 33.3 Å². The Morgan fingerprint density at radius 2 is 1.85 bits per heavy atom. The molecule has 0 N–H and O–H groups in total. The molecule has 0 aliphatic heterocycles. The second-order valence-electron chi connectivity index (χ2n) is 7.12. The Hall–Kier alpha value is -3.32. The van der Waals surface area contributed by atoms with E-state index in [-0.39, 0.29) is 38.3 Å². The van der Waals surface area contributed by atoms with Crippen molar-refractivity contribution in [2.75, 3.05) is 6.61 Å². The Labute approximate surface area is 195 Å². The van der Waals surface area contributed by atoms with E-state index in [1.165, 1.54) is 49.8 Å². The van der Waals surface area contributed by atoms with Crippen LogP contribution in [0.15, 0.2) is 71.1 Å². The minimum absolute atomic E-state index is 0.0594. The van der Waals surface area contributed by atoms with Gasteiger partial charge in [-0.05, 0) is 37.3 Å². The van der Waals surface area contributed by atoms with Crippen LogP contribution in [-0.2, 0) is 26.6 Å². The van der Waals surface area contributed by atoms with Gasteiger partial charge in [-0.1, -0.05) is 12.1 Å². The lowest BCUT2D eigenvalue weighted by atomic mass is 10.2. The number of para-hydroxylation sites is 2. The van der Waals surface area contributed by atoms with Crippen LogP contribution in [0.25, 0.3) is 11.0 Å². The Balaban J connectivity index is 1.75. The van der Waals surface area contributed by atoms with Gasteiger partial charge in [0.2, 0.25) is 5.16 Å². The fourth-order valence-electron chi connectivity index (χ4n) is 3.17. The Morgan fingerprint density at radius 1 is 1.09 bits per heavy atom. The second-order valence-corrected chi connectivity index (χ2v) is 10.2. The quantitative estimate of drug-likeness (QED) is 0.374. The average molecular weight is 511 g/mol. The molecule has 0 aliphatic rings. The van der Waals surface area contributed by atoms with E-state index in [9.17, 15) is 25.8 Å². The van der Waals surface area contributed by atoms with Crippen molar-refractivity contribution in [3.63, 3.8) is 0 Å². The zero-order valence-electron chi connectivity index (χ0n) is 17.6. The molecule has 0 saturated heterocycles. The number of benzene rings is 1. The third-order valence-electron chi connectivity index (χ3n) is 4.78. The van der Waals surface area contributed by atoms with Gasteiger partial charge in [0, 0.05) is 24.2 Å². The molecule has 0 fully saturated rings. The zero-order valence-corrected chi connectivity index (χ0v) is 19.2. The highest BCUT2D eigenvalue weighted by molar-refractivity contribution is 7.91. The summed E-state index contributed by atoms with van der Waals surface area (Å²) in [5, 5.41) is -0.243. The molecule has 4 rings (SSSR count). The fraction of sp³-hybridized carbons (Fsp3) is 0.190. The number of nitrogens with zero attached hydrogens (tertiary/aromatic N) is 4. The van der Waals surface area contributed by atoms with E-state index in [4.69, 9.17) is 4.74 Å². The van der Waals surface area contributed by atoms with Gasteiger partial charge in [-0.2, -0.15) is 13.2 Å². The standard InChI is InChI=1S/C21H17F3N4O4S2/c1-14-17(26-10-8-19(14)32-13-21(22,23)24)12-33(29)20-27-16-6-2-3-7-18(16)28(20)34(30,31)15-5-4-9-25-11-15/h2-11H,12-13H2,1H3. The lowest BCUT2D eigenvalue weighted by molar-refractivity contribution is -0.153. The van der Waals surface area contributed by atoms with E-state index in [1.807, 2.05) is 0 Å². The first-order chi connectivity index (χ1) is 16.1. The van der Waals surface area contributed by atoms with E-state index >= 15 is 0 Å². The van der Waals surface area contributed by atoms with E-state index in [0.717, 1.165) is 3.97 Å². The summed E-state index contributed by atoms with van der Waals surface area (Å²) in [6.07, 6.45) is -0.693. The largest absolute Gasteiger partial charge is 0.484 e. The molecule has 1 unspecified atom stereocenters. The number of aromatic nitrogens is 4. The van der Waals surface area contributed by atoms with E-state index in [0.29, 0.717) is 5.52 Å². The highest BCUT2D eigenvalue weighted by Crippen LogP contribution is 2.28. The van der Waals surface area contributed by atoms with Gasteiger partial charge < -0.3 is 4.74 Å². The van der Waals surface area contributed by atoms with Crippen molar-refractivity contribution in [2.45, 2.75) is 28.9 Å². The number of hydrogen-bond acceptors (Lipinski definition) is 7. The summed E-state index contributed by atoms with van der Waals surface area (Å²) in [7, 11) is -6.23. The lowest BCUT2D eigenvalue weighted by Gasteiger charge is -2.14. The number of ether oxygens (including phenoxy) is 1. The van der Waals surface area contributed by atoms with Crippen molar-refractivity contribution >= 4 is 31.9 Å². The summed E-state index contributed by atoms with van der Waals surface area (Å²) in [6.45, 7) is 0.000130. The van der Waals surface area contributed by atoms with Crippen LogP contribution in [0.3, 0.4) is 0 Å². The third-order valence-corrected chi connectivity index (χ3v) is 7.80. The number of alkyl halides is 3. The maximum absolute atomic E-state index is 13.4. The van der Waals surface area contributed by atoms with Crippen molar-refractivity contribution < 1.29 is 30.5 Å². The molecule has 13 heteroatoms. The Bertz CT molecular complexity index is 1470. The summed E-state index contributed by atoms with van der Waals surface area (Å²) in [6, 6.07) is 10.5. The van der Waals surface area contributed by atoms with Crippen LogP contribution < -0.4 is 4.74 Å². The topological polar surface area (TPSA) is 104 Å². The third kappa shape index (κ3) is 4.80. The molecule has 3 aromatic heterocycles. The van der Waals surface area contributed by atoms with Gasteiger partial charge in [0.15, 0.2) is 6.61 Å². The predicted octanol–water partition coefficient (Wildman–Crippen LogP) is 3.62. The van der Waals surface area contributed by atoms with Crippen LogP contribution in [-0.4, -0.2) is 44.3 Å². The van der Waals surface area contributed by atoms with Gasteiger partial charge in [0.1, 0.15) is 10.6 Å². The number of rotatable bonds is 7. The van der Waals surface area contributed by atoms with Crippen LogP contribution in [0.2, 0.25) is 0 Å². The molecule has 1 atom stereocenters. The summed E-state index contributed by atoms with van der Waals surface area (Å²) < 4.78 is 83.5. The molecule has 1 aromatic carbocycles. The number of imidazole rings is 1. The van der Waals surface area contributed by atoms with Crippen molar-refractivity contribution in [3.8, 4) is 5.75 Å². The molecule has 8 nitrogen and oxygen atoms in total. The number of hydrogen-bond donors (Lipinski definition) is 0. The Kier molecular flexibility index (Phi) is 6.41. The second kappa shape index (κ2) is 9.14. The van der Waals surface area contributed by atoms with Crippen molar-refractivity contribution in [1.82, 2.24) is 18.9 Å². The summed E-state index contributed by atoms with van der Waals surface area (Å²) in [5.41, 5.74) is 0.986. The first kappa shape index (κ1) is 23.8. The SMILES string of the molecule is Cc1c(OCC(F)(F)F)ccnc1CS(=O)c1nc2ccccc2n1S(=O)(=O)c1cccnc1. The van der Waals surface area contributed by atoms with Crippen LogP contribution in [0.4, 0.5) is 13.2 Å². The molecule has 0 amide bonds. The van der Waals surface area contributed by atoms with Gasteiger partial charge >= 0.3 is 6.18 Å². The number of pyridine rings is 2. The normalized spacial score (nSPS) is 13.2. The number of fused-ring (bicyclic) bond motifs is 1. The highest BCUT2D eigenvalue weighted by atomic mass is 32.2. The fourth-order valence-corrected chi connectivity index (χ4v) is 6.18. The van der Waals surface area contributed by atoms with Crippen molar-refractivity contribution in [3.05, 3.63) is 72.3 Å². The minimum atomic E-state index is -4.52. The van der Waals surface area contributed by atoms with E-state index in [2.05, 4.69) is 15.0 Å². The van der Waals surface area contributed by atoms with E-state index < -0.39 is 33.6 Å². The first-order valence-electron chi connectivity index (χ1n) is 9.73. The van der Waals surface area contributed by atoms with Gasteiger partial charge in [-0.25, -0.2) is 17.4 Å². The van der Waals surface area contributed by atoms with Crippen LogP contribution >= 0.6 is 0 Å². The van der Waals surface area contributed by atoms with Crippen LogP contribution in [0.1, 0.15) is 11.3 Å². The molecule has 3 heterocycles. The van der Waals surface area contributed by atoms with Crippen LogP contribution in [0, 0.1) is 6.92 Å². The summed E-state index contributed by atoms with van der Waals surface area (Å²) in [5.74, 6) is -0.350. The summed E-state index contributed by atoms with van der Waals surface area (Å²) >= 11 is 0. The lowest BCUT2D eigenvalue weighted by Crippen LogP contribution is -2.20. The first-order valence-corrected chi connectivity index (χ1v) is 12.5. The van der Waals surface area contributed by atoms with Crippen molar-refractivity contribution in [1.29, 1.82) is 0 Å². The molecule has 0 bridgehead atoms. The molecular weight excluding hydrogens is 493 g/mol. The number of halogens is 3. The maximum atomic E-state index is 13.4. The summed E-state index contributed by atoms with van der Waals surface area (Å²) in [4.78, 5) is 12.1. The molecular formula is C21H17F3N4O4S2. The monoisotopic (exact) mass is 510 g/mol.